The number of hydrogen-bond acceptors (Lipinski definition) is 2. The van der Waals surface area contributed by atoms with Crippen molar-refractivity contribution in [2.45, 2.75) is 59.0 Å². The average Bonchev–Trinajstić information content (AvgIpc) is 2.32. The van der Waals surface area contributed by atoms with E-state index in [1.807, 2.05) is 0 Å². The molecule has 3 heteroatoms. The Morgan fingerprint density at radius 2 is 2.22 bits per heavy atom. The molecular weight excluding hydrogens is 244 g/mol. The molecule has 2 nitrogen and oxygen atoms in total. The Morgan fingerprint density at radius 3 is 2.78 bits per heavy atom. The van der Waals surface area contributed by atoms with Crippen LogP contribution < -0.4 is 5.32 Å². The third kappa shape index (κ3) is 5.29. The standard InChI is InChI=1S/C15H29ClN2/c1-5-6-14-11-18(10-13(4)8-16)15(9-17-14)7-12(2)3/h8,12,14-15,17H,5-7,9-11H2,1-4H3. The molecule has 2 unspecified atom stereocenters. The minimum absolute atomic E-state index is 0.654. The summed E-state index contributed by atoms with van der Waals surface area (Å²) in [5.41, 5.74) is 2.99. The molecule has 0 spiro atoms. The second-order valence-electron chi connectivity index (χ2n) is 6.06. The molecule has 1 aliphatic heterocycles. The number of nitrogens with zero attached hydrogens (tertiary/aromatic N) is 1. The van der Waals surface area contributed by atoms with E-state index < -0.39 is 0 Å². The van der Waals surface area contributed by atoms with Crippen molar-refractivity contribution in [2.24, 2.45) is 5.92 Å². The molecule has 1 fully saturated rings. The maximum atomic E-state index is 5.82. The van der Waals surface area contributed by atoms with Crippen LogP contribution in [0.5, 0.6) is 0 Å². The highest BCUT2D eigenvalue weighted by atomic mass is 35.5. The summed E-state index contributed by atoms with van der Waals surface area (Å²) in [5, 5.41) is 3.70. The second-order valence-corrected chi connectivity index (χ2v) is 6.28. The zero-order valence-electron chi connectivity index (χ0n) is 12.4. The van der Waals surface area contributed by atoms with Crippen LogP contribution in [0.1, 0.15) is 47.0 Å². The van der Waals surface area contributed by atoms with E-state index in [0.717, 1.165) is 25.6 Å². The van der Waals surface area contributed by atoms with E-state index in [1.54, 1.807) is 5.54 Å². The zero-order valence-corrected chi connectivity index (χ0v) is 13.1. The van der Waals surface area contributed by atoms with Gasteiger partial charge in [-0.2, -0.15) is 0 Å². The van der Waals surface area contributed by atoms with Crippen LogP contribution in [0.2, 0.25) is 0 Å². The molecule has 106 valence electrons. The van der Waals surface area contributed by atoms with Crippen LogP contribution in [-0.2, 0) is 0 Å². The molecule has 1 aliphatic rings. The third-order valence-corrected chi connectivity index (χ3v) is 4.01. The summed E-state index contributed by atoms with van der Waals surface area (Å²) in [6.45, 7) is 12.3. The molecule has 1 heterocycles. The van der Waals surface area contributed by atoms with E-state index in [9.17, 15) is 0 Å². The lowest BCUT2D eigenvalue weighted by molar-refractivity contribution is 0.121. The van der Waals surface area contributed by atoms with Gasteiger partial charge in [-0.1, -0.05) is 38.8 Å². The van der Waals surface area contributed by atoms with Gasteiger partial charge in [-0.15, -0.1) is 0 Å². The van der Waals surface area contributed by atoms with E-state index in [0.29, 0.717) is 12.1 Å². The first-order chi connectivity index (χ1) is 8.56. The Balaban J connectivity index is 2.60. The monoisotopic (exact) mass is 272 g/mol. The first-order valence-corrected chi connectivity index (χ1v) is 7.73. The SMILES string of the molecule is CCCC1CN(CC(C)=CCl)C(CC(C)C)CN1. The molecule has 0 radical (unpaired) electrons. The van der Waals surface area contributed by atoms with Gasteiger partial charge in [-0.05, 0) is 31.3 Å². The third-order valence-electron chi connectivity index (χ3n) is 3.63. The molecule has 1 saturated heterocycles. The van der Waals surface area contributed by atoms with Gasteiger partial charge in [0.25, 0.3) is 0 Å². The summed E-state index contributed by atoms with van der Waals surface area (Å²) in [7, 11) is 0. The first-order valence-electron chi connectivity index (χ1n) is 7.30. The van der Waals surface area contributed by atoms with E-state index in [2.05, 4.69) is 37.9 Å². The predicted octanol–water partition coefficient (Wildman–Crippen LogP) is 3.62. The molecule has 0 aromatic rings. The summed E-state index contributed by atoms with van der Waals surface area (Å²) in [6, 6.07) is 1.31. The normalized spacial score (nSPS) is 26.9. The Kier molecular flexibility index (Phi) is 7.28. The predicted molar refractivity (Wildman–Crippen MR) is 81.1 cm³/mol. The summed E-state index contributed by atoms with van der Waals surface area (Å²) in [4.78, 5) is 2.62. The molecule has 1 N–H and O–H groups in total. The van der Waals surface area contributed by atoms with Gasteiger partial charge < -0.3 is 5.32 Å². The molecule has 0 bridgehead atoms. The van der Waals surface area contributed by atoms with Crippen LogP contribution in [0.4, 0.5) is 0 Å². The zero-order chi connectivity index (χ0) is 13.5. The lowest BCUT2D eigenvalue weighted by atomic mass is 9.97. The molecular formula is C15H29ClN2. The maximum absolute atomic E-state index is 5.82. The van der Waals surface area contributed by atoms with E-state index in [4.69, 9.17) is 11.6 Å². The molecule has 0 saturated carbocycles. The minimum atomic E-state index is 0.654. The summed E-state index contributed by atoms with van der Waals surface area (Å²) < 4.78 is 0. The van der Waals surface area contributed by atoms with Crippen LogP contribution in [0, 0.1) is 5.92 Å². The van der Waals surface area contributed by atoms with Crippen molar-refractivity contribution in [3.63, 3.8) is 0 Å². The van der Waals surface area contributed by atoms with Crippen LogP contribution >= 0.6 is 11.6 Å². The van der Waals surface area contributed by atoms with Gasteiger partial charge in [0.2, 0.25) is 0 Å². The van der Waals surface area contributed by atoms with Crippen molar-refractivity contribution in [1.29, 1.82) is 0 Å². The highest BCUT2D eigenvalue weighted by molar-refractivity contribution is 6.25. The van der Waals surface area contributed by atoms with Crippen LogP contribution in [0.25, 0.3) is 0 Å². The summed E-state index contributed by atoms with van der Waals surface area (Å²) in [6.07, 6.45) is 3.79. The van der Waals surface area contributed by atoms with Crippen molar-refractivity contribution >= 4 is 11.6 Å². The highest BCUT2D eigenvalue weighted by Gasteiger charge is 2.27. The van der Waals surface area contributed by atoms with Crippen molar-refractivity contribution in [3.05, 3.63) is 11.1 Å². The summed E-state index contributed by atoms with van der Waals surface area (Å²) >= 11 is 5.82. The molecule has 0 aromatic heterocycles. The fourth-order valence-corrected chi connectivity index (χ4v) is 2.86. The van der Waals surface area contributed by atoms with Gasteiger partial charge >= 0.3 is 0 Å². The van der Waals surface area contributed by atoms with Gasteiger partial charge in [-0.3, -0.25) is 4.90 Å². The molecule has 0 aliphatic carbocycles. The Labute approximate surface area is 118 Å². The van der Waals surface area contributed by atoms with Crippen molar-refractivity contribution in [3.8, 4) is 0 Å². The van der Waals surface area contributed by atoms with Crippen LogP contribution in [0.15, 0.2) is 11.1 Å². The van der Waals surface area contributed by atoms with E-state index in [1.165, 1.54) is 24.8 Å². The maximum Gasteiger partial charge on any atom is 0.0227 e. The Bertz CT molecular complexity index is 263. The Hall–Kier alpha value is -0.0500. The second kappa shape index (κ2) is 8.19. The fraction of sp³-hybridized carbons (Fsp3) is 0.867. The molecule has 2 atom stereocenters. The number of halogens is 1. The molecule has 0 amide bonds. The van der Waals surface area contributed by atoms with E-state index in [-0.39, 0.29) is 0 Å². The van der Waals surface area contributed by atoms with Gasteiger partial charge in [0, 0.05) is 37.3 Å². The first kappa shape index (κ1) is 16.0. The van der Waals surface area contributed by atoms with E-state index >= 15 is 0 Å². The number of hydrogen-bond donors (Lipinski definition) is 1. The Morgan fingerprint density at radius 1 is 1.50 bits per heavy atom. The van der Waals surface area contributed by atoms with Crippen LogP contribution in [0.3, 0.4) is 0 Å². The highest BCUT2D eigenvalue weighted by Crippen LogP contribution is 2.18. The molecule has 1 rings (SSSR count). The van der Waals surface area contributed by atoms with Gasteiger partial charge in [0.15, 0.2) is 0 Å². The van der Waals surface area contributed by atoms with Gasteiger partial charge in [0.05, 0.1) is 0 Å². The van der Waals surface area contributed by atoms with Crippen LogP contribution in [-0.4, -0.2) is 36.6 Å². The van der Waals surface area contributed by atoms with Crippen molar-refractivity contribution in [2.75, 3.05) is 19.6 Å². The number of rotatable bonds is 6. The smallest absolute Gasteiger partial charge is 0.0227 e. The topological polar surface area (TPSA) is 15.3 Å². The largest absolute Gasteiger partial charge is 0.311 e. The number of nitrogens with one attached hydrogen (secondary N) is 1. The van der Waals surface area contributed by atoms with Gasteiger partial charge in [0.1, 0.15) is 0 Å². The van der Waals surface area contributed by atoms with Crippen molar-refractivity contribution < 1.29 is 0 Å². The summed E-state index contributed by atoms with van der Waals surface area (Å²) in [5.74, 6) is 0.752. The lowest BCUT2D eigenvalue weighted by Crippen LogP contribution is -2.57. The average molecular weight is 273 g/mol. The fourth-order valence-electron chi connectivity index (χ4n) is 2.80. The lowest BCUT2D eigenvalue weighted by Gasteiger charge is -2.41. The van der Waals surface area contributed by atoms with Crippen molar-refractivity contribution in [1.82, 2.24) is 10.2 Å². The minimum Gasteiger partial charge on any atom is -0.311 e. The number of piperazine rings is 1. The molecule has 0 aromatic carbocycles. The molecule has 18 heavy (non-hydrogen) atoms. The quantitative estimate of drug-likeness (QED) is 0.795. The van der Waals surface area contributed by atoms with Gasteiger partial charge in [-0.25, -0.2) is 0 Å².